The Labute approximate surface area is 426 Å². The predicted octanol–water partition coefficient (Wildman–Crippen LogP) is 15.9. The highest BCUT2D eigenvalue weighted by Gasteiger charge is 2.28. The van der Waals surface area contributed by atoms with Gasteiger partial charge in [0, 0.05) is 19.3 Å². The Morgan fingerprint density at radius 2 is 0.743 bits per heavy atom. The maximum atomic E-state index is 12.9. The molecule has 11 nitrogen and oxygen atoms in total. The lowest BCUT2D eigenvalue weighted by Crippen LogP contribution is -2.30. The molecule has 3 atom stereocenters. The molecule has 0 rings (SSSR count). The van der Waals surface area contributed by atoms with Crippen molar-refractivity contribution in [2.45, 2.75) is 238 Å². The van der Waals surface area contributed by atoms with Crippen molar-refractivity contribution < 1.29 is 52.2 Å². The molecule has 3 unspecified atom stereocenters. The van der Waals surface area contributed by atoms with Crippen molar-refractivity contribution in [2.24, 2.45) is 0 Å². The molecule has 0 aliphatic carbocycles. The van der Waals surface area contributed by atoms with Gasteiger partial charge in [0.25, 0.3) is 0 Å². The summed E-state index contributed by atoms with van der Waals surface area (Å²) in [6.07, 6.45) is 58.3. The van der Waals surface area contributed by atoms with Gasteiger partial charge in [-0.25, -0.2) is 4.57 Å². The molecule has 0 radical (unpaired) electrons. The molecule has 402 valence electrons. The van der Waals surface area contributed by atoms with Crippen molar-refractivity contribution >= 4 is 25.7 Å². The second kappa shape index (κ2) is 52.0. The van der Waals surface area contributed by atoms with E-state index < -0.39 is 57.8 Å². The van der Waals surface area contributed by atoms with Gasteiger partial charge in [-0.1, -0.05) is 202 Å². The van der Waals surface area contributed by atoms with E-state index in [0.29, 0.717) is 19.3 Å². The van der Waals surface area contributed by atoms with Crippen LogP contribution < -0.4 is 0 Å². The molecule has 0 saturated heterocycles. The van der Waals surface area contributed by atoms with Gasteiger partial charge in [-0.15, -0.1) is 0 Å². The van der Waals surface area contributed by atoms with Crippen LogP contribution in [0.4, 0.5) is 0 Å². The summed E-state index contributed by atoms with van der Waals surface area (Å²) in [5, 5.41) is 9.78. The summed E-state index contributed by atoms with van der Waals surface area (Å²) in [5.41, 5.74) is 0. The zero-order valence-corrected chi connectivity index (χ0v) is 45.1. The Bertz CT molecular complexity index is 1500. The number of rotatable bonds is 50. The van der Waals surface area contributed by atoms with E-state index in [-0.39, 0.29) is 25.9 Å². The van der Waals surface area contributed by atoms with Crippen LogP contribution in [0.25, 0.3) is 0 Å². The lowest BCUT2D eigenvalue weighted by Gasteiger charge is -2.21. The Morgan fingerprint density at radius 3 is 1.16 bits per heavy atom. The maximum Gasteiger partial charge on any atom is 0.472 e. The first-order valence-electron chi connectivity index (χ1n) is 27.5. The number of ether oxygens (including phenoxy) is 3. The molecule has 0 aromatic rings. The highest BCUT2D eigenvalue weighted by atomic mass is 31.2. The molecule has 12 heteroatoms. The number of hydrogen-bond donors (Lipinski definition) is 2. The molecule has 0 bridgehead atoms. The molecule has 0 aliphatic heterocycles. The van der Waals surface area contributed by atoms with Crippen LogP contribution in [0.1, 0.15) is 226 Å². The van der Waals surface area contributed by atoms with Gasteiger partial charge in [-0.2, -0.15) is 0 Å². The number of hydrogen-bond acceptors (Lipinski definition) is 10. The number of aliphatic hydroxyl groups excluding tert-OH is 1. The lowest BCUT2D eigenvalue weighted by molar-refractivity contribution is -0.161. The zero-order chi connectivity index (χ0) is 51.3. The largest absolute Gasteiger partial charge is 0.472 e. The number of phosphoric ester groups is 1. The van der Waals surface area contributed by atoms with E-state index in [2.05, 4.69) is 106 Å². The van der Waals surface area contributed by atoms with Crippen LogP contribution in [0.3, 0.4) is 0 Å². The Kier molecular flexibility index (Phi) is 49.5. The van der Waals surface area contributed by atoms with Crippen molar-refractivity contribution in [3.05, 3.63) is 85.1 Å². The quantitative estimate of drug-likeness (QED) is 0.0197. The summed E-state index contributed by atoms with van der Waals surface area (Å²) in [5.74, 6) is -1.52. The fourth-order valence-electron chi connectivity index (χ4n) is 7.18. The minimum absolute atomic E-state index is 0.142. The van der Waals surface area contributed by atoms with E-state index in [1.807, 2.05) is 0 Å². The minimum atomic E-state index is -4.75. The third-order valence-electron chi connectivity index (χ3n) is 11.3. The average molecular weight is 1000 g/mol. The molecule has 2 N–H and O–H groups in total. The van der Waals surface area contributed by atoms with Gasteiger partial charge >= 0.3 is 25.7 Å². The third kappa shape index (κ3) is 49.6. The fourth-order valence-corrected chi connectivity index (χ4v) is 7.97. The third-order valence-corrected chi connectivity index (χ3v) is 12.3. The number of carbonyl (C=O) groups is 3. The van der Waals surface area contributed by atoms with Crippen LogP contribution in [-0.2, 0) is 42.2 Å². The summed E-state index contributed by atoms with van der Waals surface area (Å²) in [6, 6.07) is 0. The van der Waals surface area contributed by atoms with Crippen LogP contribution in [0.15, 0.2) is 85.1 Å². The number of allylic oxidation sites excluding steroid dienone is 14. The van der Waals surface area contributed by atoms with Crippen LogP contribution in [0.2, 0.25) is 0 Å². The normalized spacial score (nSPS) is 14.1. The molecule has 0 heterocycles. The first kappa shape index (κ1) is 66.7. The first-order chi connectivity index (χ1) is 34.2. The van der Waals surface area contributed by atoms with Crippen LogP contribution in [0.5, 0.6) is 0 Å². The highest BCUT2D eigenvalue weighted by molar-refractivity contribution is 7.47. The molecule has 0 amide bonds. The van der Waals surface area contributed by atoms with E-state index in [9.17, 15) is 28.9 Å². The van der Waals surface area contributed by atoms with E-state index in [1.54, 1.807) is 0 Å². The summed E-state index contributed by atoms with van der Waals surface area (Å²) >= 11 is 0. The Hall–Kier alpha value is -3.34. The van der Waals surface area contributed by atoms with Crippen molar-refractivity contribution in [1.82, 2.24) is 0 Å². The molecule has 0 spiro atoms. The van der Waals surface area contributed by atoms with Crippen molar-refractivity contribution in [3.63, 3.8) is 0 Å². The Balaban J connectivity index is 4.79. The number of phosphoric acid groups is 1. The topological polar surface area (TPSA) is 155 Å². The zero-order valence-electron chi connectivity index (χ0n) is 44.2. The summed E-state index contributed by atoms with van der Waals surface area (Å²) < 4.78 is 39.4. The molecular weight excluding hydrogens is 904 g/mol. The predicted molar refractivity (Wildman–Crippen MR) is 288 cm³/mol. The van der Waals surface area contributed by atoms with Crippen molar-refractivity contribution in [2.75, 3.05) is 26.4 Å². The molecular formula is C58H99O11P. The second-order valence-electron chi connectivity index (χ2n) is 18.0. The molecule has 0 aliphatic rings. The fraction of sp³-hybridized carbons (Fsp3) is 0.707. The van der Waals surface area contributed by atoms with E-state index in [1.165, 1.54) is 44.9 Å². The SMILES string of the molecule is CC/C=C\C/C=C\C/C=C\C/C=C\CCCCCCCCC(=O)OC(COC(=O)CCCCC/C=C\C/C=C\C/C=C\CC)COP(=O)(O)OCC(CO)OC(=O)CCCCCCCCCCCCC. The van der Waals surface area contributed by atoms with Gasteiger partial charge in [-0.3, -0.25) is 23.4 Å². The molecule has 0 fully saturated rings. The van der Waals surface area contributed by atoms with Crippen molar-refractivity contribution in [3.8, 4) is 0 Å². The number of carbonyl (C=O) groups excluding carboxylic acids is 3. The molecule has 0 saturated carbocycles. The van der Waals surface area contributed by atoms with Crippen LogP contribution in [0, 0.1) is 0 Å². The second-order valence-corrected chi connectivity index (χ2v) is 19.4. The van der Waals surface area contributed by atoms with Gasteiger partial charge in [0.05, 0.1) is 19.8 Å². The Morgan fingerprint density at radius 1 is 0.414 bits per heavy atom. The molecule has 70 heavy (non-hydrogen) atoms. The average Bonchev–Trinajstić information content (AvgIpc) is 3.35. The van der Waals surface area contributed by atoms with Gasteiger partial charge < -0.3 is 24.2 Å². The van der Waals surface area contributed by atoms with Gasteiger partial charge in [0.1, 0.15) is 12.7 Å². The standard InChI is InChI=1S/C58H99O11P/c1-4-7-10-13-16-19-22-24-25-26-27-28-29-31-34-37-40-43-46-49-58(62)69-55(51-65-56(60)47-44-41-38-35-33-30-23-20-17-14-11-8-5-2)53-67-70(63,64)66-52-54(50-59)68-57(61)48-45-42-39-36-32-21-18-15-12-9-6-3/h7-8,10-11,16-17,19-20,24-25,27-28,30,33,54-55,59H,4-6,9,12-15,18,21-23,26,29,31-32,34-53H2,1-3H3,(H,63,64)/b10-7-,11-8-,19-16-,20-17-,25-24-,28-27-,33-30-. The smallest absolute Gasteiger partial charge is 0.462 e. The number of esters is 3. The number of unbranched alkanes of at least 4 members (excludes halogenated alkanes) is 19. The van der Waals surface area contributed by atoms with Crippen LogP contribution in [-0.4, -0.2) is 66.5 Å². The van der Waals surface area contributed by atoms with Gasteiger partial charge in [-0.05, 0) is 89.9 Å². The van der Waals surface area contributed by atoms with Gasteiger partial charge in [0.15, 0.2) is 6.10 Å². The molecule has 0 aromatic heterocycles. The van der Waals surface area contributed by atoms with Crippen molar-refractivity contribution in [1.29, 1.82) is 0 Å². The summed E-state index contributed by atoms with van der Waals surface area (Å²) in [6.45, 7) is 4.35. The van der Waals surface area contributed by atoms with Gasteiger partial charge in [0.2, 0.25) is 0 Å². The number of aliphatic hydroxyl groups is 1. The highest BCUT2D eigenvalue weighted by Crippen LogP contribution is 2.43. The minimum Gasteiger partial charge on any atom is -0.462 e. The van der Waals surface area contributed by atoms with E-state index in [4.69, 9.17) is 23.3 Å². The van der Waals surface area contributed by atoms with E-state index in [0.717, 1.165) is 122 Å². The molecule has 0 aromatic carbocycles. The van der Waals surface area contributed by atoms with Crippen LogP contribution >= 0.6 is 7.82 Å². The summed E-state index contributed by atoms with van der Waals surface area (Å²) in [7, 11) is -4.75. The lowest BCUT2D eigenvalue weighted by atomic mass is 10.1. The maximum absolute atomic E-state index is 12.9. The first-order valence-corrected chi connectivity index (χ1v) is 29.0. The monoisotopic (exact) mass is 1000 g/mol. The summed E-state index contributed by atoms with van der Waals surface area (Å²) in [4.78, 5) is 48.4. The van der Waals surface area contributed by atoms with E-state index >= 15 is 0 Å².